The average Bonchev–Trinajstić information content (AvgIpc) is 2.71. The van der Waals surface area contributed by atoms with Crippen LogP contribution in [0.25, 0.3) is 0 Å². The zero-order chi connectivity index (χ0) is 9.10. The fourth-order valence-corrected chi connectivity index (χ4v) is 1.93. The molecule has 3 nitrogen and oxygen atoms in total. The molecule has 0 radical (unpaired) electrons. The number of rotatable bonds is 2. The van der Waals surface area contributed by atoms with Gasteiger partial charge in [-0.05, 0) is 12.8 Å². The van der Waals surface area contributed by atoms with E-state index in [0.717, 1.165) is 13.0 Å². The van der Waals surface area contributed by atoms with Crippen molar-refractivity contribution in [2.24, 2.45) is 0 Å². The predicted octanol–water partition coefficient (Wildman–Crippen LogP) is 1.36. The van der Waals surface area contributed by atoms with E-state index in [1.807, 2.05) is 0 Å². The van der Waals surface area contributed by atoms with Crippen LogP contribution in [0, 0.1) is 0 Å². The molecule has 1 saturated heterocycles. The Labute approximate surface area is 79.3 Å². The minimum atomic E-state index is -0.0219. The van der Waals surface area contributed by atoms with Crippen molar-refractivity contribution in [2.45, 2.75) is 25.6 Å². The Balaban J connectivity index is 1.90. The summed E-state index contributed by atoms with van der Waals surface area (Å²) in [6.45, 7) is 3.12. The smallest absolute Gasteiger partial charge is 0.161 e. The maximum atomic E-state index is 5.52. The average molecular weight is 183 g/mol. The minimum absolute atomic E-state index is 0.0219. The molecule has 0 saturated carbocycles. The van der Waals surface area contributed by atoms with E-state index in [2.05, 4.69) is 11.0 Å². The molecule has 2 rings (SSSR count). The molecular weight excluding hydrogens is 166 g/mol. The standard InChI is InChI=1S/C10H17NO2/c1-12-10-5-4-9(8-13-10)11-6-2-3-7-11/h4,10H,2-3,5-8H2,1H3. The summed E-state index contributed by atoms with van der Waals surface area (Å²) >= 11 is 0. The molecule has 2 aliphatic heterocycles. The van der Waals surface area contributed by atoms with Crippen molar-refractivity contribution in [3.8, 4) is 0 Å². The first kappa shape index (κ1) is 9.03. The first-order valence-corrected chi connectivity index (χ1v) is 4.98. The Hall–Kier alpha value is -0.540. The van der Waals surface area contributed by atoms with Gasteiger partial charge in [-0.2, -0.15) is 0 Å². The summed E-state index contributed by atoms with van der Waals surface area (Å²) in [7, 11) is 1.69. The topological polar surface area (TPSA) is 21.7 Å². The van der Waals surface area contributed by atoms with Gasteiger partial charge >= 0.3 is 0 Å². The predicted molar refractivity (Wildman–Crippen MR) is 50.3 cm³/mol. The number of nitrogens with zero attached hydrogens (tertiary/aromatic N) is 1. The molecule has 0 spiro atoms. The molecule has 2 aliphatic rings. The van der Waals surface area contributed by atoms with Crippen molar-refractivity contribution in [2.75, 3.05) is 26.8 Å². The van der Waals surface area contributed by atoms with Gasteiger partial charge in [0.1, 0.15) is 0 Å². The van der Waals surface area contributed by atoms with E-state index in [9.17, 15) is 0 Å². The molecule has 0 aromatic carbocycles. The van der Waals surface area contributed by atoms with Crippen molar-refractivity contribution in [3.05, 3.63) is 11.8 Å². The van der Waals surface area contributed by atoms with Crippen molar-refractivity contribution >= 4 is 0 Å². The van der Waals surface area contributed by atoms with Gasteiger partial charge in [-0.25, -0.2) is 0 Å². The highest BCUT2D eigenvalue weighted by atomic mass is 16.7. The molecular formula is C10H17NO2. The summed E-state index contributed by atoms with van der Waals surface area (Å²) in [5.74, 6) is 0. The van der Waals surface area contributed by atoms with Crippen LogP contribution in [0.2, 0.25) is 0 Å². The van der Waals surface area contributed by atoms with Gasteiger partial charge in [0.2, 0.25) is 0 Å². The van der Waals surface area contributed by atoms with E-state index in [4.69, 9.17) is 9.47 Å². The molecule has 1 fully saturated rings. The molecule has 2 heterocycles. The van der Waals surface area contributed by atoms with Crippen LogP contribution >= 0.6 is 0 Å². The van der Waals surface area contributed by atoms with Crippen LogP contribution in [-0.2, 0) is 9.47 Å². The molecule has 1 unspecified atom stereocenters. The van der Waals surface area contributed by atoms with Crippen LogP contribution < -0.4 is 0 Å². The third-order valence-electron chi connectivity index (χ3n) is 2.74. The Kier molecular flexibility index (Phi) is 2.86. The largest absolute Gasteiger partial charge is 0.373 e. The second-order valence-corrected chi connectivity index (χ2v) is 3.60. The third-order valence-corrected chi connectivity index (χ3v) is 2.74. The van der Waals surface area contributed by atoms with E-state index in [-0.39, 0.29) is 6.29 Å². The van der Waals surface area contributed by atoms with E-state index in [0.29, 0.717) is 0 Å². The summed E-state index contributed by atoms with van der Waals surface area (Å²) in [4.78, 5) is 2.42. The summed E-state index contributed by atoms with van der Waals surface area (Å²) in [6.07, 6.45) is 5.77. The third kappa shape index (κ3) is 2.03. The van der Waals surface area contributed by atoms with Gasteiger partial charge < -0.3 is 14.4 Å². The van der Waals surface area contributed by atoms with Gasteiger partial charge in [-0.1, -0.05) is 6.08 Å². The molecule has 0 bridgehead atoms. The SMILES string of the molecule is COC1CC=C(N2CCCC2)CO1. The Morgan fingerprint density at radius 3 is 2.77 bits per heavy atom. The second kappa shape index (κ2) is 4.11. The highest BCUT2D eigenvalue weighted by molar-refractivity contribution is 5.06. The molecule has 74 valence electrons. The van der Waals surface area contributed by atoms with E-state index in [1.165, 1.54) is 31.6 Å². The fourth-order valence-electron chi connectivity index (χ4n) is 1.93. The monoisotopic (exact) mass is 183 g/mol. The highest BCUT2D eigenvalue weighted by Crippen LogP contribution is 2.20. The molecule has 0 aliphatic carbocycles. The van der Waals surface area contributed by atoms with Gasteiger partial charge in [0.15, 0.2) is 6.29 Å². The van der Waals surface area contributed by atoms with Gasteiger partial charge in [0.25, 0.3) is 0 Å². The van der Waals surface area contributed by atoms with E-state index >= 15 is 0 Å². The lowest BCUT2D eigenvalue weighted by atomic mass is 10.2. The van der Waals surface area contributed by atoms with Crippen molar-refractivity contribution in [3.63, 3.8) is 0 Å². The van der Waals surface area contributed by atoms with Crippen LogP contribution in [-0.4, -0.2) is 38.0 Å². The number of ether oxygens (including phenoxy) is 2. The second-order valence-electron chi connectivity index (χ2n) is 3.60. The number of likely N-dealkylation sites (tertiary alicyclic amines) is 1. The van der Waals surface area contributed by atoms with Crippen LogP contribution in [0.15, 0.2) is 11.8 Å². The first-order valence-electron chi connectivity index (χ1n) is 4.98. The molecule has 0 amide bonds. The van der Waals surface area contributed by atoms with Crippen LogP contribution in [0.4, 0.5) is 0 Å². The van der Waals surface area contributed by atoms with Gasteiger partial charge in [0, 0.05) is 32.3 Å². The maximum absolute atomic E-state index is 5.52. The van der Waals surface area contributed by atoms with Gasteiger partial charge in [-0.15, -0.1) is 0 Å². The summed E-state index contributed by atoms with van der Waals surface area (Å²) < 4.78 is 10.6. The molecule has 3 heteroatoms. The summed E-state index contributed by atoms with van der Waals surface area (Å²) in [6, 6.07) is 0. The summed E-state index contributed by atoms with van der Waals surface area (Å²) in [5.41, 5.74) is 1.35. The first-order chi connectivity index (χ1) is 6.40. The summed E-state index contributed by atoms with van der Waals surface area (Å²) in [5, 5.41) is 0. The number of hydrogen-bond donors (Lipinski definition) is 0. The molecule has 0 aromatic rings. The molecule has 0 N–H and O–H groups in total. The molecule has 1 atom stereocenters. The lowest BCUT2D eigenvalue weighted by molar-refractivity contribution is -0.123. The zero-order valence-electron chi connectivity index (χ0n) is 8.16. The number of methoxy groups -OCH3 is 1. The van der Waals surface area contributed by atoms with Crippen LogP contribution in [0.5, 0.6) is 0 Å². The normalized spacial score (nSPS) is 29.2. The fraction of sp³-hybridized carbons (Fsp3) is 0.800. The zero-order valence-corrected chi connectivity index (χ0v) is 8.16. The van der Waals surface area contributed by atoms with Crippen LogP contribution in [0.3, 0.4) is 0 Å². The van der Waals surface area contributed by atoms with Gasteiger partial charge in [0.05, 0.1) is 6.61 Å². The van der Waals surface area contributed by atoms with Crippen molar-refractivity contribution in [1.29, 1.82) is 0 Å². The molecule has 0 aromatic heterocycles. The van der Waals surface area contributed by atoms with Crippen molar-refractivity contribution < 1.29 is 9.47 Å². The van der Waals surface area contributed by atoms with E-state index in [1.54, 1.807) is 7.11 Å². The quantitative estimate of drug-likeness (QED) is 0.645. The van der Waals surface area contributed by atoms with E-state index < -0.39 is 0 Å². The lowest BCUT2D eigenvalue weighted by Crippen LogP contribution is -2.28. The Morgan fingerprint density at radius 2 is 2.23 bits per heavy atom. The molecule has 13 heavy (non-hydrogen) atoms. The minimum Gasteiger partial charge on any atom is -0.373 e. The Bertz CT molecular complexity index is 197. The maximum Gasteiger partial charge on any atom is 0.161 e. The van der Waals surface area contributed by atoms with Gasteiger partial charge in [-0.3, -0.25) is 0 Å². The van der Waals surface area contributed by atoms with Crippen molar-refractivity contribution in [1.82, 2.24) is 4.90 Å². The lowest BCUT2D eigenvalue weighted by Gasteiger charge is -2.27. The highest BCUT2D eigenvalue weighted by Gasteiger charge is 2.20. The Morgan fingerprint density at radius 1 is 1.46 bits per heavy atom. The number of hydrogen-bond acceptors (Lipinski definition) is 3. The van der Waals surface area contributed by atoms with Crippen LogP contribution in [0.1, 0.15) is 19.3 Å².